The second-order valence-electron chi connectivity index (χ2n) is 7.46. The molecule has 9 heteroatoms. The zero-order valence-corrected chi connectivity index (χ0v) is 19.7. The number of methoxy groups -OCH3 is 1. The number of nitrogens with zero attached hydrogens (tertiary/aromatic N) is 1. The molecular weight excluding hydrogens is 430 g/mol. The van der Waals surface area contributed by atoms with Crippen molar-refractivity contribution < 1.29 is 22.7 Å². The third-order valence-electron chi connectivity index (χ3n) is 4.86. The summed E-state index contributed by atoms with van der Waals surface area (Å²) < 4.78 is 31.3. The molecule has 0 aliphatic heterocycles. The Kier molecular flexibility index (Phi) is 9.22. The Labute approximate surface area is 190 Å². The maximum Gasteiger partial charge on any atom is 0.253 e. The summed E-state index contributed by atoms with van der Waals surface area (Å²) >= 11 is 0. The fraction of sp³-hybridized carbons (Fsp3) is 0.391. The van der Waals surface area contributed by atoms with Crippen molar-refractivity contribution in [2.24, 2.45) is 0 Å². The number of hydrogen-bond acceptors (Lipinski definition) is 5. The number of anilines is 2. The number of hydrogen-bond donors (Lipinski definition) is 2. The summed E-state index contributed by atoms with van der Waals surface area (Å²) in [5, 5.41) is 5.54. The molecule has 0 bridgehead atoms. The lowest BCUT2D eigenvalue weighted by atomic mass is 10.1. The van der Waals surface area contributed by atoms with Gasteiger partial charge in [-0.25, -0.2) is 8.42 Å². The SMILES string of the molecule is CC[C@H](C(=O)Nc1ccccc1C(=O)NCCCOC)N(c1ccc(C)cc1)S(C)(=O)=O. The number of amides is 2. The van der Waals surface area contributed by atoms with Gasteiger partial charge in [-0.15, -0.1) is 0 Å². The zero-order chi connectivity index (χ0) is 23.7. The van der Waals surface area contributed by atoms with E-state index < -0.39 is 22.0 Å². The lowest BCUT2D eigenvalue weighted by Crippen LogP contribution is -2.47. The van der Waals surface area contributed by atoms with E-state index in [1.807, 2.05) is 6.92 Å². The second kappa shape index (κ2) is 11.6. The van der Waals surface area contributed by atoms with E-state index in [2.05, 4.69) is 10.6 Å². The summed E-state index contributed by atoms with van der Waals surface area (Å²) in [6.07, 6.45) is 1.98. The zero-order valence-electron chi connectivity index (χ0n) is 18.9. The Morgan fingerprint density at radius 3 is 2.34 bits per heavy atom. The molecule has 0 heterocycles. The van der Waals surface area contributed by atoms with E-state index >= 15 is 0 Å². The third-order valence-corrected chi connectivity index (χ3v) is 6.04. The number of para-hydroxylation sites is 1. The molecule has 2 aromatic carbocycles. The largest absolute Gasteiger partial charge is 0.385 e. The number of carbonyl (C=O) groups excluding carboxylic acids is 2. The highest BCUT2D eigenvalue weighted by Crippen LogP contribution is 2.24. The molecule has 2 amide bonds. The first-order valence-corrected chi connectivity index (χ1v) is 12.3. The molecule has 0 fully saturated rings. The quantitative estimate of drug-likeness (QED) is 0.501. The molecule has 2 aromatic rings. The lowest BCUT2D eigenvalue weighted by Gasteiger charge is -2.30. The Morgan fingerprint density at radius 2 is 1.75 bits per heavy atom. The van der Waals surface area contributed by atoms with E-state index in [9.17, 15) is 18.0 Å². The fourth-order valence-corrected chi connectivity index (χ4v) is 4.48. The van der Waals surface area contributed by atoms with Crippen LogP contribution in [-0.2, 0) is 19.6 Å². The summed E-state index contributed by atoms with van der Waals surface area (Å²) in [5.74, 6) is -0.846. The highest BCUT2D eigenvalue weighted by atomic mass is 32.2. The van der Waals surface area contributed by atoms with E-state index in [0.717, 1.165) is 16.1 Å². The van der Waals surface area contributed by atoms with E-state index in [0.29, 0.717) is 36.5 Å². The molecule has 1 atom stereocenters. The van der Waals surface area contributed by atoms with Gasteiger partial charge in [-0.05, 0) is 44.0 Å². The van der Waals surface area contributed by atoms with Crippen LogP contribution in [0.25, 0.3) is 0 Å². The van der Waals surface area contributed by atoms with Gasteiger partial charge in [0.15, 0.2) is 0 Å². The molecule has 0 radical (unpaired) electrons. The topological polar surface area (TPSA) is 105 Å². The number of benzene rings is 2. The molecule has 0 saturated heterocycles. The van der Waals surface area contributed by atoms with Crippen LogP contribution in [0.5, 0.6) is 0 Å². The van der Waals surface area contributed by atoms with Crippen molar-refractivity contribution in [1.82, 2.24) is 5.32 Å². The van der Waals surface area contributed by atoms with Gasteiger partial charge in [0.25, 0.3) is 5.91 Å². The van der Waals surface area contributed by atoms with Crippen LogP contribution in [-0.4, -0.2) is 52.8 Å². The first-order chi connectivity index (χ1) is 15.2. The van der Waals surface area contributed by atoms with Crippen LogP contribution in [0.2, 0.25) is 0 Å². The summed E-state index contributed by atoms with van der Waals surface area (Å²) in [4.78, 5) is 25.8. The average molecular weight is 462 g/mol. The van der Waals surface area contributed by atoms with E-state index in [-0.39, 0.29) is 12.3 Å². The minimum absolute atomic E-state index is 0.248. The molecule has 8 nitrogen and oxygen atoms in total. The summed E-state index contributed by atoms with van der Waals surface area (Å²) in [7, 11) is -2.15. The van der Waals surface area contributed by atoms with Crippen LogP contribution in [0, 0.1) is 6.92 Å². The fourth-order valence-electron chi connectivity index (χ4n) is 3.27. The van der Waals surface area contributed by atoms with Gasteiger partial charge < -0.3 is 15.4 Å². The number of nitrogens with one attached hydrogen (secondary N) is 2. The van der Waals surface area contributed by atoms with Gasteiger partial charge in [-0.1, -0.05) is 36.8 Å². The van der Waals surface area contributed by atoms with Crippen molar-refractivity contribution >= 4 is 33.2 Å². The molecule has 174 valence electrons. The number of ether oxygens (including phenoxy) is 1. The first kappa shape index (κ1) is 25.4. The number of rotatable bonds is 11. The number of sulfonamides is 1. The predicted octanol–water partition coefficient (Wildman–Crippen LogP) is 2.94. The van der Waals surface area contributed by atoms with Crippen molar-refractivity contribution in [2.75, 3.05) is 36.1 Å². The maximum atomic E-state index is 13.2. The minimum Gasteiger partial charge on any atom is -0.385 e. The molecule has 32 heavy (non-hydrogen) atoms. The van der Waals surface area contributed by atoms with Crippen molar-refractivity contribution in [3.63, 3.8) is 0 Å². The van der Waals surface area contributed by atoms with E-state index in [4.69, 9.17) is 4.74 Å². The maximum absolute atomic E-state index is 13.2. The molecule has 0 spiro atoms. The van der Waals surface area contributed by atoms with Crippen molar-refractivity contribution in [3.05, 3.63) is 59.7 Å². The van der Waals surface area contributed by atoms with Gasteiger partial charge in [0.2, 0.25) is 15.9 Å². The highest BCUT2D eigenvalue weighted by Gasteiger charge is 2.32. The van der Waals surface area contributed by atoms with Crippen molar-refractivity contribution in [3.8, 4) is 0 Å². The summed E-state index contributed by atoms with van der Waals surface area (Å²) in [5.41, 5.74) is 2.00. The van der Waals surface area contributed by atoms with Crippen LogP contribution < -0.4 is 14.9 Å². The molecule has 0 unspecified atom stereocenters. The average Bonchev–Trinajstić information content (AvgIpc) is 2.75. The normalized spacial score (nSPS) is 12.1. The van der Waals surface area contributed by atoms with Gasteiger partial charge in [0, 0.05) is 20.3 Å². The molecule has 2 N–H and O–H groups in total. The Morgan fingerprint density at radius 1 is 1.09 bits per heavy atom. The van der Waals surface area contributed by atoms with Crippen molar-refractivity contribution in [2.45, 2.75) is 32.7 Å². The predicted molar refractivity (Wildman–Crippen MR) is 126 cm³/mol. The summed E-state index contributed by atoms with van der Waals surface area (Å²) in [6.45, 7) is 4.60. The molecular formula is C23H31N3O5S. The van der Waals surface area contributed by atoms with Crippen LogP contribution in [0.3, 0.4) is 0 Å². The molecule has 0 saturated carbocycles. The standard InChI is InChI=1S/C23H31N3O5S/c1-5-21(26(32(4,29)30)18-13-11-17(2)12-14-18)23(28)25-20-10-7-6-9-19(20)22(27)24-15-8-16-31-3/h6-7,9-14,21H,5,8,15-16H2,1-4H3,(H,24,27)(H,25,28)/t21-/m1/s1. The molecule has 0 aliphatic carbocycles. The molecule has 2 rings (SSSR count). The molecule has 0 aromatic heterocycles. The second-order valence-corrected chi connectivity index (χ2v) is 9.31. The van der Waals surface area contributed by atoms with Gasteiger partial charge in [0.1, 0.15) is 6.04 Å². The van der Waals surface area contributed by atoms with Gasteiger partial charge in [0.05, 0.1) is 23.2 Å². The van der Waals surface area contributed by atoms with Crippen LogP contribution in [0.1, 0.15) is 35.7 Å². The van der Waals surface area contributed by atoms with Crippen LogP contribution >= 0.6 is 0 Å². The van der Waals surface area contributed by atoms with Crippen LogP contribution in [0.15, 0.2) is 48.5 Å². The Balaban J connectivity index is 2.27. The van der Waals surface area contributed by atoms with Gasteiger partial charge in [-0.2, -0.15) is 0 Å². The molecule has 0 aliphatic rings. The van der Waals surface area contributed by atoms with Crippen molar-refractivity contribution in [1.29, 1.82) is 0 Å². The Bertz CT molecular complexity index is 1020. The first-order valence-electron chi connectivity index (χ1n) is 10.4. The number of carbonyl (C=O) groups is 2. The lowest BCUT2D eigenvalue weighted by molar-refractivity contribution is -0.117. The monoisotopic (exact) mass is 461 g/mol. The van der Waals surface area contributed by atoms with Crippen LogP contribution in [0.4, 0.5) is 11.4 Å². The highest BCUT2D eigenvalue weighted by molar-refractivity contribution is 7.92. The van der Waals surface area contributed by atoms with E-state index in [1.165, 1.54) is 0 Å². The van der Waals surface area contributed by atoms with Gasteiger partial charge >= 0.3 is 0 Å². The van der Waals surface area contributed by atoms with E-state index in [1.54, 1.807) is 62.6 Å². The Hall–Kier alpha value is -2.91. The minimum atomic E-state index is -3.74. The third kappa shape index (κ3) is 6.80. The smallest absolute Gasteiger partial charge is 0.253 e. The van der Waals surface area contributed by atoms with Gasteiger partial charge in [-0.3, -0.25) is 13.9 Å². The number of aryl methyl sites for hydroxylation is 1. The summed E-state index contributed by atoms with van der Waals surface area (Å²) in [6, 6.07) is 12.6.